The first-order chi connectivity index (χ1) is 9.91. The maximum atomic E-state index is 13.0. The Bertz CT molecular complexity index is 449. The van der Waals surface area contributed by atoms with Gasteiger partial charge in [-0.25, -0.2) is 4.39 Å². The molecule has 0 aliphatic carbocycles. The van der Waals surface area contributed by atoms with Crippen LogP contribution in [-0.2, 0) is 0 Å². The lowest BCUT2D eigenvalue weighted by Gasteiger charge is -2.39. The zero-order valence-corrected chi connectivity index (χ0v) is 13.1. The summed E-state index contributed by atoms with van der Waals surface area (Å²) in [5.74, 6) is 0.00944. The van der Waals surface area contributed by atoms with E-state index >= 15 is 0 Å². The normalized spacial score (nSPS) is 26.5. The summed E-state index contributed by atoms with van der Waals surface area (Å²) in [5, 5.41) is 13.5. The summed E-state index contributed by atoms with van der Waals surface area (Å²) >= 11 is 0. The van der Waals surface area contributed by atoms with Crippen molar-refractivity contribution in [2.75, 3.05) is 26.7 Å². The molecule has 2 N–H and O–H groups in total. The fourth-order valence-electron chi connectivity index (χ4n) is 3.29. The molecular weight excluding hydrogens is 269 g/mol. The Morgan fingerprint density at radius 3 is 2.86 bits per heavy atom. The van der Waals surface area contributed by atoms with E-state index in [1.54, 1.807) is 6.07 Å². The molecule has 1 aromatic heterocycles. The van der Waals surface area contributed by atoms with Crippen LogP contribution in [0.15, 0.2) is 18.3 Å². The lowest BCUT2D eigenvalue weighted by Crippen LogP contribution is -2.48. The molecule has 0 amide bonds. The van der Waals surface area contributed by atoms with Gasteiger partial charge >= 0.3 is 0 Å². The first kappa shape index (κ1) is 16.3. The zero-order valence-electron chi connectivity index (χ0n) is 13.1. The number of hydrogen-bond acceptors (Lipinski definition) is 4. The summed E-state index contributed by atoms with van der Waals surface area (Å²) in [7, 11) is 1.90. The molecule has 1 aliphatic heterocycles. The van der Waals surface area contributed by atoms with E-state index in [0.717, 1.165) is 31.6 Å². The van der Waals surface area contributed by atoms with Gasteiger partial charge in [0, 0.05) is 13.1 Å². The Morgan fingerprint density at radius 2 is 2.29 bits per heavy atom. The Hall–Kier alpha value is -1.04. The van der Waals surface area contributed by atoms with Crippen molar-refractivity contribution in [2.45, 2.75) is 38.3 Å². The molecule has 0 spiro atoms. The molecule has 1 saturated heterocycles. The molecule has 0 saturated carbocycles. The molecule has 0 aromatic carbocycles. The maximum absolute atomic E-state index is 13.0. The first-order valence-electron chi connectivity index (χ1n) is 7.65. The van der Waals surface area contributed by atoms with Crippen LogP contribution < -0.4 is 5.32 Å². The summed E-state index contributed by atoms with van der Waals surface area (Å²) in [4.78, 5) is 6.49. The monoisotopic (exact) mass is 295 g/mol. The van der Waals surface area contributed by atoms with Crippen molar-refractivity contribution >= 4 is 0 Å². The molecule has 5 heteroatoms. The highest BCUT2D eigenvalue weighted by Gasteiger charge is 2.30. The Morgan fingerprint density at radius 1 is 1.52 bits per heavy atom. The van der Waals surface area contributed by atoms with Gasteiger partial charge in [0.25, 0.3) is 0 Å². The molecule has 3 unspecified atom stereocenters. The fourth-order valence-corrected chi connectivity index (χ4v) is 3.29. The lowest BCUT2D eigenvalue weighted by molar-refractivity contribution is -0.0206. The third kappa shape index (κ3) is 4.46. The van der Waals surface area contributed by atoms with Gasteiger partial charge < -0.3 is 15.3 Å². The molecule has 4 nitrogen and oxygen atoms in total. The average molecular weight is 295 g/mol. The van der Waals surface area contributed by atoms with Crippen LogP contribution in [0, 0.1) is 11.7 Å². The van der Waals surface area contributed by atoms with Crippen molar-refractivity contribution in [3.05, 3.63) is 29.8 Å². The van der Waals surface area contributed by atoms with E-state index in [-0.39, 0.29) is 11.9 Å². The van der Waals surface area contributed by atoms with E-state index in [2.05, 4.69) is 22.1 Å². The van der Waals surface area contributed by atoms with Gasteiger partial charge in [-0.1, -0.05) is 6.92 Å². The number of pyridine rings is 1. The first-order valence-corrected chi connectivity index (χ1v) is 7.65. The van der Waals surface area contributed by atoms with Crippen LogP contribution in [0.3, 0.4) is 0 Å². The minimum Gasteiger partial charge on any atom is -0.389 e. The highest BCUT2D eigenvalue weighted by Crippen LogP contribution is 2.25. The van der Waals surface area contributed by atoms with Crippen molar-refractivity contribution in [1.29, 1.82) is 0 Å². The summed E-state index contributed by atoms with van der Waals surface area (Å²) in [6, 6.07) is 3.27. The molecule has 3 atom stereocenters. The second-order valence-electron chi connectivity index (χ2n) is 6.48. The van der Waals surface area contributed by atoms with Gasteiger partial charge in [0.15, 0.2) is 0 Å². The number of hydrogen-bond donors (Lipinski definition) is 2. The second-order valence-corrected chi connectivity index (χ2v) is 6.48. The van der Waals surface area contributed by atoms with Crippen molar-refractivity contribution < 1.29 is 9.50 Å². The summed E-state index contributed by atoms with van der Waals surface area (Å²) in [6.07, 6.45) is 3.16. The van der Waals surface area contributed by atoms with Crippen LogP contribution in [0.25, 0.3) is 0 Å². The molecule has 2 rings (SSSR count). The fraction of sp³-hybridized carbons (Fsp3) is 0.688. The van der Waals surface area contributed by atoms with E-state index in [1.165, 1.54) is 12.3 Å². The quantitative estimate of drug-likeness (QED) is 0.872. The molecule has 1 aromatic rings. The Balaban J connectivity index is 2.00. The second kappa shape index (κ2) is 6.81. The lowest BCUT2D eigenvalue weighted by atomic mass is 9.92. The van der Waals surface area contributed by atoms with Gasteiger partial charge in [0.2, 0.25) is 0 Å². The van der Waals surface area contributed by atoms with E-state index in [9.17, 15) is 9.50 Å². The number of nitrogens with zero attached hydrogens (tertiary/aromatic N) is 2. The van der Waals surface area contributed by atoms with Gasteiger partial charge in [-0.15, -0.1) is 0 Å². The summed E-state index contributed by atoms with van der Waals surface area (Å²) < 4.78 is 13.0. The minimum atomic E-state index is -0.582. The van der Waals surface area contributed by atoms with Crippen LogP contribution in [0.5, 0.6) is 0 Å². The van der Waals surface area contributed by atoms with E-state index in [4.69, 9.17) is 0 Å². The predicted molar refractivity (Wildman–Crippen MR) is 81.5 cm³/mol. The molecule has 2 heterocycles. The number of β-amino-alcohol motifs (C(OH)–C–C–N with tert-alkyl or cyclic N) is 1. The molecule has 21 heavy (non-hydrogen) atoms. The zero-order chi connectivity index (χ0) is 15.5. The number of likely N-dealkylation sites (tertiary alicyclic amines) is 1. The van der Waals surface area contributed by atoms with Crippen LogP contribution in [0.4, 0.5) is 4.39 Å². The summed E-state index contributed by atoms with van der Waals surface area (Å²) in [6.45, 7) is 6.69. The highest BCUT2D eigenvalue weighted by molar-refractivity contribution is 5.11. The molecule has 1 fully saturated rings. The van der Waals surface area contributed by atoms with Gasteiger partial charge in [-0.2, -0.15) is 0 Å². The van der Waals surface area contributed by atoms with Crippen LogP contribution in [-0.4, -0.2) is 47.3 Å². The third-order valence-electron chi connectivity index (χ3n) is 4.25. The van der Waals surface area contributed by atoms with Crippen LogP contribution >= 0.6 is 0 Å². The molecular formula is C16H26FN3O. The number of nitrogens with one attached hydrogen (secondary N) is 1. The van der Waals surface area contributed by atoms with Crippen LogP contribution in [0.1, 0.15) is 38.4 Å². The highest BCUT2D eigenvalue weighted by atomic mass is 19.1. The Kier molecular flexibility index (Phi) is 5.30. The topological polar surface area (TPSA) is 48.4 Å². The smallest absolute Gasteiger partial charge is 0.141 e. The van der Waals surface area contributed by atoms with Crippen molar-refractivity contribution in [1.82, 2.24) is 15.2 Å². The van der Waals surface area contributed by atoms with E-state index in [0.29, 0.717) is 12.5 Å². The number of aromatic nitrogens is 1. The maximum Gasteiger partial charge on any atom is 0.141 e. The Labute approximate surface area is 126 Å². The largest absolute Gasteiger partial charge is 0.389 e. The molecule has 0 bridgehead atoms. The molecule has 118 valence electrons. The molecule has 1 aliphatic rings. The van der Waals surface area contributed by atoms with Crippen molar-refractivity contribution in [2.24, 2.45) is 5.92 Å². The number of halogens is 1. The third-order valence-corrected chi connectivity index (χ3v) is 4.25. The molecule has 0 radical (unpaired) electrons. The predicted octanol–water partition coefficient (Wildman–Crippen LogP) is 1.96. The van der Waals surface area contributed by atoms with E-state index in [1.807, 2.05) is 14.0 Å². The number of rotatable bonds is 5. The summed E-state index contributed by atoms with van der Waals surface area (Å²) in [5.41, 5.74) is 0.275. The van der Waals surface area contributed by atoms with E-state index < -0.39 is 5.60 Å². The van der Waals surface area contributed by atoms with Gasteiger partial charge in [-0.3, -0.25) is 4.98 Å². The standard InChI is InChI=1S/C16H26FN3O/c1-12(10-20-8-4-7-16(2,21)11-20)15(18-3)14-6-5-13(17)9-19-14/h5-6,9,12,15,18,21H,4,7-8,10-11H2,1-3H3. The number of piperidine rings is 1. The van der Waals surface area contributed by atoms with Gasteiger partial charge in [0.05, 0.1) is 23.5 Å². The minimum absolute atomic E-state index is 0.0810. The van der Waals surface area contributed by atoms with Crippen molar-refractivity contribution in [3.8, 4) is 0 Å². The van der Waals surface area contributed by atoms with Crippen LogP contribution in [0.2, 0.25) is 0 Å². The van der Waals surface area contributed by atoms with Gasteiger partial charge in [-0.05, 0) is 51.4 Å². The average Bonchev–Trinajstić information content (AvgIpc) is 2.40. The number of aliphatic hydroxyl groups is 1. The van der Waals surface area contributed by atoms with Gasteiger partial charge in [0.1, 0.15) is 5.82 Å². The SMILES string of the molecule is CNC(c1ccc(F)cn1)C(C)CN1CCCC(C)(O)C1. The van der Waals surface area contributed by atoms with Crippen molar-refractivity contribution in [3.63, 3.8) is 0 Å².